The topological polar surface area (TPSA) is 0 Å². The Hall–Kier alpha value is -0.780. The van der Waals surface area contributed by atoms with E-state index in [0.717, 1.165) is 12.3 Å². The summed E-state index contributed by atoms with van der Waals surface area (Å²) in [5, 5.41) is 0. The van der Waals surface area contributed by atoms with Crippen molar-refractivity contribution in [1.82, 2.24) is 0 Å². The summed E-state index contributed by atoms with van der Waals surface area (Å²) in [4.78, 5) is 0. The van der Waals surface area contributed by atoms with E-state index in [1.165, 1.54) is 50.5 Å². The molecule has 1 aliphatic rings. The predicted molar refractivity (Wildman–Crippen MR) is 70.7 cm³/mol. The van der Waals surface area contributed by atoms with Gasteiger partial charge in [0.2, 0.25) is 0 Å². The average Bonchev–Trinajstić information content (AvgIpc) is 2.59. The van der Waals surface area contributed by atoms with Crippen molar-refractivity contribution in [2.45, 2.75) is 58.3 Å². The van der Waals surface area contributed by atoms with E-state index in [4.69, 9.17) is 0 Å². The van der Waals surface area contributed by atoms with Crippen molar-refractivity contribution >= 4 is 0 Å². The highest BCUT2D eigenvalue weighted by molar-refractivity contribution is 5.22. The van der Waals surface area contributed by atoms with Crippen LogP contribution in [-0.4, -0.2) is 0 Å². The van der Waals surface area contributed by atoms with Gasteiger partial charge in [-0.3, -0.25) is 0 Å². The lowest BCUT2D eigenvalue weighted by Gasteiger charge is -2.13. The average molecular weight is 216 g/mol. The Morgan fingerprint density at radius 2 is 1.44 bits per heavy atom. The molecular formula is C16H24. The molecule has 1 saturated carbocycles. The largest absolute Gasteiger partial charge is 0.0613 e. The van der Waals surface area contributed by atoms with Crippen LogP contribution in [0, 0.1) is 5.92 Å². The molecule has 0 amide bonds. The number of hydrogen-bond acceptors (Lipinski definition) is 0. The predicted octanol–water partition coefficient (Wildman–Crippen LogP) is 4.76. The lowest BCUT2D eigenvalue weighted by atomic mass is 9.92. The first-order chi connectivity index (χ1) is 7.88. The minimum absolute atomic E-state index is 0.954. The Kier molecular flexibility index (Phi) is 4.44. The molecule has 1 aliphatic carbocycles. The normalized spacial score (nSPS) is 18.3. The van der Waals surface area contributed by atoms with Crippen LogP contribution in [0.1, 0.15) is 56.6 Å². The van der Waals surface area contributed by atoms with Crippen molar-refractivity contribution in [3.8, 4) is 0 Å². The van der Waals surface area contributed by atoms with Crippen LogP contribution < -0.4 is 0 Å². The molecule has 0 radical (unpaired) electrons. The molecule has 0 heterocycles. The summed E-state index contributed by atoms with van der Waals surface area (Å²) in [7, 11) is 0. The minimum atomic E-state index is 0.954. The van der Waals surface area contributed by atoms with Crippen LogP contribution in [0.15, 0.2) is 24.3 Å². The molecule has 0 spiro atoms. The molecule has 88 valence electrons. The van der Waals surface area contributed by atoms with Crippen molar-refractivity contribution in [1.29, 1.82) is 0 Å². The molecule has 2 rings (SSSR count). The quantitative estimate of drug-likeness (QED) is 0.639. The lowest BCUT2D eigenvalue weighted by Crippen LogP contribution is -2.03. The Bertz CT molecular complexity index is 288. The zero-order chi connectivity index (χ0) is 11.2. The third kappa shape index (κ3) is 3.37. The van der Waals surface area contributed by atoms with E-state index in [1.807, 2.05) is 0 Å². The van der Waals surface area contributed by atoms with E-state index < -0.39 is 0 Å². The zero-order valence-electron chi connectivity index (χ0n) is 10.5. The summed E-state index contributed by atoms with van der Waals surface area (Å²) in [5.41, 5.74) is 3.01. The first kappa shape index (κ1) is 11.7. The van der Waals surface area contributed by atoms with Crippen LogP contribution in [0.2, 0.25) is 0 Å². The standard InChI is InChI=1S/C16H24/c1-2-14-9-11-16(12-10-14)13-15-7-5-3-4-6-8-15/h9-12,15H,2-8,13H2,1H3. The molecule has 0 N–H and O–H groups in total. The van der Waals surface area contributed by atoms with Gasteiger partial charge in [0.25, 0.3) is 0 Å². The second kappa shape index (κ2) is 6.08. The molecule has 0 aliphatic heterocycles. The summed E-state index contributed by atoms with van der Waals surface area (Å²) >= 11 is 0. The molecule has 0 aromatic heterocycles. The number of benzene rings is 1. The Labute approximate surface area is 100 Å². The number of aryl methyl sites for hydroxylation is 1. The summed E-state index contributed by atoms with van der Waals surface area (Å²) in [6.45, 7) is 2.22. The van der Waals surface area contributed by atoms with Crippen molar-refractivity contribution in [2.24, 2.45) is 5.92 Å². The van der Waals surface area contributed by atoms with Crippen LogP contribution >= 0.6 is 0 Å². The first-order valence-electron chi connectivity index (χ1n) is 6.96. The molecular weight excluding hydrogens is 192 g/mol. The molecule has 0 heteroatoms. The van der Waals surface area contributed by atoms with Gasteiger partial charge >= 0.3 is 0 Å². The van der Waals surface area contributed by atoms with Gasteiger partial charge in [0.05, 0.1) is 0 Å². The number of rotatable bonds is 3. The fourth-order valence-electron chi connectivity index (χ4n) is 2.81. The molecule has 0 saturated heterocycles. The van der Waals surface area contributed by atoms with Gasteiger partial charge in [-0.1, -0.05) is 69.7 Å². The molecule has 1 fully saturated rings. The van der Waals surface area contributed by atoms with Gasteiger partial charge in [-0.05, 0) is 29.9 Å². The van der Waals surface area contributed by atoms with Gasteiger partial charge < -0.3 is 0 Å². The SMILES string of the molecule is CCc1ccc(CC2CCCCCC2)cc1. The smallest absolute Gasteiger partial charge is 0.0250 e. The molecule has 0 atom stereocenters. The van der Waals surface area contributed by atoms with Gasteiger partial charge in [0, 0.05) is 0 Å². The molecule has 1 aromatic carbocycles. The van der Waals surface area contributed by atoms with Crippen LogP contribution in [0.4, 0.5) is 0 Å². The summed E-state index contributed by atoms with van der Waals surface area (Å²) in [6.07, 6.45) is 11.2. The fourth-order valence-corrected chi connectivity index (χ4v) is 2.81. The van der Waals surface area contributed by atoms with Gasteiger partial charge in [-0.15, -0.1) is 0 Å². The maximum absolute atomic E-state index is 2.34. The summed E-state index contributed by atoms with van der Waals surface area (Å²) in [6, 6.07) is 9.27. The molecule has 0 nitrogen and oxygen atoms in total. The van der Waals surface area contributed by atoms with Crippen LogP contribution in [0.25, 0.3) is 0 Å². The van der Waals surface area contributed by atoms with E-state index in [-0.39, 0.29) is 0 Å². The van der Waals surface area contributed by atoms with Crippen molar-refractivity contribution in [2.75, 3.05) is 0 Å². The van der Waals surface area contributed by atoms with E-state index in [9.17, 15) is 0 Å². The summed E-state index contributed by atoms with van der Waals surface area (Å²) < 4.78 is 0. The van der Waals surface area contributed by atoms with E-state index >= 15 is 0 Å². The summed E-state index contributed by atoms with van der Waals surface area (Å²) in [5.74, 6) is 0.954. The van der Waals surface area contributed by atoms with Gasteiger partial charge in [0.1, 0.15) is 0 Å². The highest BCUT2D eigenvalue weighted by Crippen LogP contribution is 2.26. The van der Waals surface area contributed by atoms with Gasteiger partial charge in [-0.25, -0.2) is 0 Å². The Morgan fingerprint density at radius 1 is 0.875 bits per heavy atom. The molecule has 0 bridgehead atoms. The number of hydrogen-bond donors (Lipinski definition) is 0. The minimum Gasteiger partial charge on any atom is -0.0613 e. The van der Waals surface area contributed by atoms with Crippen LogP contribution in [-0.2, 0) is 12.8 Å². The highest BCUT2D eigenvalue weighted by Gasteiger charge is 2.12. The van der Waals surface area contributed by atoms with Gasteiger partial charge in [0.15, 0.2) is 0 Å². The van der Waals surface area contributed by atoms with E-state index in [0.29, 0.717) is 0 Å². The molecule has 16 heavy (non-hydrogen) atoms. The third-order valence-corrected chi connectivity index (χ3v) is 3.93. The maximum atomic E-state index is 2.34. The van der Waals surface area contributed by atoms with Crippen LogP contribution in [0.3, 0.4) is 0 Å². The lowest BCUT2D eigenvalue weighted by molar-refractivity contribution is 0.458. The monoisotopic (exact) mass is 216 g/mol. The van der Waals surface area contributed by atoms with Gasteiger partial charge in [-0.2, -0.15) is 0 Å². The fraction of sp³-hybridized carbons (Fsp3) is 0.625. The first-order valence-corrected chi connectivity index (χ1v) is 6.96. The zero-order valence-corrected chi connectivity index (χ0v) is 10.5. The maximum Gasteiger partial charge on any atom is -0.0250 e. The van der Waals surface area contributed by atoms with Crippen molar-refractivity contribution < 1.29 is 0 Å². The van der Waals surface area contributed by atoms with Crippen LogP contribution in [0.5, 0.6) is 0 Å². The van der Waals surface area contributed by atoms with E-state index in [2.05, 4.69) is 31.2 Å². The highest BCUT2D eigenvalue weighted by atomic mass is 14.2. The van der Waals surface area contributed by atoms with Crippen molar-refractivity contribution in [3.05, 3.63) is 35.4 Å². The second-order valence-corrected chi connectivity index (χ2v) is 5.23. The third-order valence-electron chi connectivity index (χ3n) is 3.93. The molecule has 0 unspecified atom stereocenters. The Balaban J connectivity index is 1.91. The van der Waals surface area contributed by atoms with E-state index in [1.54, 1.807) is 5.56 Å². The van der Waals surface area contributed by atoms with Crippen molar-refractivity contribution in [3.63, 3.8) is 0 Å². The second-order valence-electron chi connectivity index (χ2n) is 5.23. The Morgan fingerprint density at radius 3 is 2.00 bits per heavy atom. The molecule has 1 aromatic rings.